The second kappa shape index (κ2) is 4.07. The van der Waals surface area contributed by atoms with Crippen molar-refractivity contribution in [3.05, 3.63) is 58.8 Å². The molecule has 1 heterocycles. The number of rotatable bonds is 2. The van der Waals surface area contributed by atoms with E-state index in [0.717, 1.165) is 16.0 Å². The number of hydrogen-bond donors (Lipinski definition) is 0. The van der Waals surface area contributed by atoms with Crippen molar-refractivity contribution in [3.8, 4) is 5.69 Å². The molecule has 0 unspecified atom stereocenters. The summed E-state index contributed by atoms with van der Waals surface area (Å²) in [5.41, 5.74) is 3.50. The normalized spacial score (nSPS) is 10.3. The van der Waals surface area contributed by atoms with Gasteiger partial charge in [-0.1, -0.05) is 24.8 Å². The van der Waals surface area contributed by atoms with Crippen LogP contribution in [0.1, 0.15) is 11.3 Å². The van der Waals surface area contributed by atoms with Crippen LogP contribution in [0.3, 0.4) is 0 Å². The van der Waals surface area contributed by atoms with E-state index in [9.17, 15) is 0 Å². The first-order valence-corrected chi connectivity index (χ1v) is 5.59. The molecule has 0 saturated carbocycles. The van der Waals surface area contributed by atoms with Crippen LogP contribution in [0.25, 0.3) is 11.8 Å². The van der Waals surface area contributed by atoms with Crippen LogP contribution in [0.5, 0.6) is 0 Å². The molecule has 0 aliphatic heterocycles. The van der Waals surface area contributed by atoms with Crippen molar-refractivity contribution in [2.75, 3.05) is 0 Å². The highest BCUT2D eigenvalue weighted by Gasteiger charge is 2.08. The van der Waals surface area contributed by atoms with Gasteiger partial charge in [-0.15, -0.1) is 0 Å². The average molecular weight is 262 g/mol. The maximum absolute atomic E-state index is 3.85. The van der Waals surface area contributed by atoms with Gasteiger partial charge in [-0.05, 0) is 52.7 Å². The van der Waals surface area contributed by atoms with Gasteiger partial charge in [-0.25, -0.2) is 0 Å². The van der Waals surface area contributed by atoms with Crippen molar-refractivity contribution in [2.24, 2.45) is 0 Å². The van der Waals surface area contributed by atoms with Crippen LogP contribution in [-0.2, 0) is 0 Å². The minimum Gasteiger partial charge on any atom is -0.304 e. The molecule has 2 aromatic rings. The van der Waals surface area contributed by atoms with Gasteiger partial charge < -0.3 is 4.57 Å². The van der Waals surface area contributed by atoms with E-state index in [2.05, 4.69) is 52.2 Å². The molecule has 1 aromatic carbocycles. The Morgan fingerprint density at radius 1 is 1.27 bits per heavy atom. The molecule has 0 atom stereocenters. The Labute approximate surface area is 98.2 Å². The minimum absolute atomic E-state index is 1.06. The molecule has 76 valence electrons. The third-order valence-corrected chi connectivity index (χ3v) is 2.99. The van der Waals surface area contributed by atoms with Gasteiger partial charge >= 0.3 is 0 Å². The van der Waals surface area contributed by atoms with Crippen LogP contribution >= 0.6 is 15.9 Å². The van der Waals surface area contributed by atoms with Gasteiger partial charge in [0, 0.05) is 11.4 Å². The Morgan fingerprint density at radius 2 is 1.93 bits per heavy atom. The van der Waals surface area contributed by atoms with Crippen molar-refractivity contribution in [3.63, 3.8) is 0 Å². The first-order valence-electron chi connectivity index (χ1n) is 4.79. The molecule has 0 amide bonds. The lowest BCUT2D eigenvalue weighted by atomic mass is 10.2. The number of aryl methyl sites for hydroxylation is 1. The van der Waals surface area contributed by atoms with Crippen molar-refractivity contribution < 1.29 is 0 Å². The third-order valence-electron chi connectivity index (χ3n) is 2.40. The Balaban J connectivity index is 2.67. The summed E-state index contributed by atoms with van der Waals surface area (Å²) < 4.78 is 3.20. The van der Waals surface area contributed by atoms with Crippen molar-refractivity contribution >= 4 is 22.0 Å². The predicted octanol–water partition coefficient (Wildman–Crippen LogP) is 4.19. The summed E-state index contributed by atoms with van der Waals surface area (Å²) in [7, 11) is 0. The summed E-state index contributed by atoms with van der Waals surface area (Å²) in [4.78, 5) is 0. The lowest BCUT2D eigenvalue weighted by Gasteiger charge is -2.08. The van der Waals surface area contributed by atoms with E-state index in [1.807, 2.05) is 24.3 Å². The van der Waals surface area contributed by atoms with Gasteiger partial charge in [-0.3, -0.25) is 0 Å². The van der Waals surface area contributed by atoms with Crippen LogP contribution < -0.4 is 0 Å². The Kier molecular flexibility index (Phi) is 2.78. The van der Waals surface area contributed by atoms with Gasteiger partial charge in [0.2, 0.25) is 0 Å². The number of para-hydroxylation sites is 1. The molecule has 0 spiro atoms. The van der Waals surface area contributed by atoms with Crippen LogP contribution in [0, 0.1) is 6.92 Å². The molecule has 1 nitrogen and oxygen atoms in total. The third kappa shape index (κ3) is 1.77. The van der Waals surface area contributed by atoms with E-state index in [-0.39, 0.29) is 0 Å². The smallest absolute Gasteiger partial charge is 0.0899 e. The zero-order chi connectivity index (χ0) is 10.8. The highest BCUT2D eigenvalue weighted by atomic mass is 79.9. The van der Waals surface area contributed by atoms with E-state index in [1.54, 1.807) is 0 Å². The van der Waals surface area contributed by atoms with Crippen LogP contribution in [0.2, 0.25) is 0 Å². The van der Waals surface area contributed by atoms with Gasteiger partial charge in [0.15, 0.2) is 0 Å². The molecule has 0 saturated heterocycles. The number of halogens is 1. The molecule has 0 aliphatic rings. The molecule has 0 radical (unpaired) electrons. The highest BCUT2D eigenvalue weighted by Crippen LogP contribution is 2.25. The van der Waals surface area contributed by atoms with Gasteiger partial charge in [0.1, 0.15) is 0 Å². The molecular formula is C13H12BrN. The van der Waals surface area contributed by atoms with E-state index in [1.165, 1.54) is 5.56 Å². The second-order valence-corrected chi connectivity index (χ2v) is 4.22. The topological polar surface area (TPSA) is 4.93 Å². The zero-order valence-corrected chi connectivity index (χ0v) is 10.2. The monoisotopic (exact) mass is 261 g/mol. The summed E-state index contributed by atoms with van der Waals surface area (Å²) in [6.07, 6.45) is 1.88. The lowest BCUT2D eigenvalue weighted by molar-refractivity contribution is 1.03. The SMILES string of the molecule is C=Cc1c(C)cc(Br)n1-c1ccccc1. The summed E-state index contributed by atoms with van der Waals surface area (Å²) in [5.74, 6) is 0. The molecular weight excluding hydrogens is 250 g/mol. The number of aromatic nitrogens is 1. The first kappa shape index (κ1) is 10.2. The van der Waals surface area contributed by atoms with Crippen molar-refractivity contribution in [1.29, 1.82) is 0 Å². The fraction of sp³-hybridized carbons (Fsp3) is 0.0769. The van der Waals surface area contributed by atoms with Crippen LogP contribution in [-0.4, -0.2) is 4.57 Å². The molecule has 0 N–H and O–H groups in total. The standard InChI is InChI=1S/C13H12BrN/c1-3-12-10(2)9-13(14)15(12)11-7-5-4-6-8-11/h3-9H,1H2,2H3. The number of nitrogens with zero attached hydrogens (tertiary/aromatic N) is 1. The second-order valence-electron chi connectivity index (χ2n) is 3.41. The first-order chi connectivity index (χ1) is 7.24. The quantitative estimate of drug-likeness (QED) is 0.764. The number of benzene rings is 1. The average Bonchev–Trinajstić information content (AvgIpc) is 2.54. The summed E-state index contributed by atoms with van der Waals surface area (Å²) in [6.45, 7) is 5.93. The Morgan fingerprint density at radius 3 is 2.53 bits per heavy atom. The molecule has 15 heavy (non-hydrogen) atoms. The van der Waals surface area contributed by atoms with E-state index in [0.29, 0.717) is 0 Å². The van der Waals surface area contributed by atoms with Gasteiger partial charge in [-0.2, -0.15) is 0 Å². The molecule has 2 rings (SSSR count). The van der Waals surface area contributed by atoms with Crippen LogP contribution in [0.15, 0.2) is 47.6 Å². The zero-order valence-electron chi connectivity index (χ0n) is 8.57. The lowest BCUT2D eigenvalue weighted by Crippen LogP contribution is -1.96. The fourth-order valence-corrected chi connectivity index (χ4v) is 2.44. The summed E-state index contributed by atoms with van der Waals surface area (Å²) in [6, 6.07) is 12.3. The summed E-state index contributed by atoms with van der Waals surface area (Å²) >= 11 is 3.56. The number of hydrogen-bond acceptors (Lipinski definition) is 0. The van der Waals surface area contributed by atoms with Gasteiger partial charge in [0.05, 0.1) is 4.60 Å². The Hall–Kier alpha value is -1.28. The molecule has 0 fully saturated rings. The van der Waals surface area contributed by atoms with Gasteiger partial charge in [0.25, 0.3) is 0 Å². The molecule has 2 heteroatoms. The fourth-order valence-electron chi connectivity index (χ4n) is 1.70. The summed E-state index contributed by atoms with van der Waals surface area (Å²) in [5, 5.41) is 0. The largest absolute Gasteiger partial charge is 0.304 e. The van der Waals surface area contributed by atoms with E-state index in [4.69, 9.17) is 0 Å². The highest BCUT2D eigenvalue weighted by molar-refractivity contribution is 9.10. The minimum atomic E-state index is 1.06. The Bertz CT molecular complexity index is 483. The maximum Gasteiger partial charge on any atom is 0.0899 e. The van der Waals surface area contributed by atoms with E-state index < -0.39 is 0 Å². The van der Waals surface area contributed by atoms with E-state index >= 15 is 0 Å². The molecule has 1 aromatic heterocycles. The van der Waals surface area contributed by atoms with Crippen LogP contribution in [0.4, 0.5) is 0 Å². The maximum atomic E-state index is 3.85. The molecule has 0 aliphatic carbocycles. The van der Waals surface area contributed by atoms with Crippen molar-refractivity contribution in [2.45, 2.75) is 6.92 Å². The predicted molar refractivity (Wildman–Crippen MR) is 68.3 cm³/mol. The van der Waals surface area contributed by atoms with Crippen molar-refractivity contribution in [1.82, 2.24) is 4.57 Å². The molecule has 0 bridgehead atoms.